The van der Waals surface area contributed by atoms with E-state index < -0.39 is 4.92 Å². The maximum atomic E-state index is 10.6. The predicted molar refractivity (Wildman–Crippen MR) is 77.1 cm³/mol. The van der Waals surface area contributed by atoms with Crippen molar-refractivity contribution in [2.45, 2.75) is 0 Å². The number of para-hydroxylation sites is 2. The van der Waals surface area contributed by atoms with Crippen LogP contribution in [0.1, 0.15) is 0 Å². The molecule has 2 N–H and O–H groups in total. The zero-order valence-corrected chi connectivity index (χ0v) is 10.8. The molecule has 0 aliphatic rings. The van der Waals surface area contributed by atoms with E-state index in [9.17, 15) is 10.1 Å². The maximum absolute atomic E-state index is 10.6. The minimum atomic E-state index is -0.478. The molecule has 0 saturated carbocycles. The molecule has 7 heteroatoms. The number of aromatic nitrogens is 2. The third-order valence-corrected chi connectivity index (χ3v) is 2.83. The van der Waals surface area contributed by atoms with Crippen molar-refractivity contribution in [3.8, 4) is 11.6 Å². The van der Waals surface area contributed by atoms with Crippen LogP contribution < -0.4 is 10.5 Å². The largest absolute Gasteiger partial charge is 0.436 e. The summed E-state index contributed by atoms with van der Waals surface area (Å²) in [5.41, 5.74) is 7.12. The monoisotopic (exact) mass is 282 g/mol. The minimum Gasteiger partial charge on any atom is -0.436 e. The topological polar surface area (TPSA) is 104 Å². The summed E-state index contributed by atoms with van der Waals surface area (Å²) in [6, 6.07) is 12.9. The zero-order valence-electron chi connectivity index (χ0n) is 10.8. The molecule has 0 saturated heterocycles. The summed E-state index contributed by atoms with van der Waals surface area (Å²) in [5.74, 6) is 0.728. The van der Waals surface area contributed by atoms with Crippen molar-refractivity contribution in [2.24, 2.45) is 0 Å². The molecular weight excluding hydrogens is 272 g/mol. The lowest BCUT2D eigenvalue weighted by molar-refractivity contribution is -0.384. The summed E-state index contributed by atoms with van der Waals surface area (Å²) < 4.78 is 5.53. The molecule has 0 atom stereocenters. The molecule has 3 rings (SSSR count). The summed E-state index contributed by atoms with van der Waals surface area (Å²) in [6.07, 6.45) is 0. The van der Waals surface area contributed by atoms with Gasteiger partial charge < -0.3 is 10.5 Å². The third kappa shape index (κ3) is 2.57. The number of nitrogens with zero attached hydrogens (tertiary/aromatic N) is 3. The number of nitro benzene ring substituents is 1. The van der Waals surface area contributed by atoms with Gasteiger partial charge in [0.25, 0.3) is 11.6 Å². The molecule has 0 bridgehead atoms. The number of fused-ring (bicyclic) bond motifs is 1. The Balaban J connectivity index is 1.93. The average Bonchev–Trinajstić information content (AvgIpc) is 2.48. The highest BCUT2D eigenvalue weighted by Gasteiger charge is 2.10. The SMILES string of the molecule is Nc1nc2ccccc2nc1Oc1ccc([N+](=O)[O-])cc1. The van der Waals surface area contributed by atoms with E-state index in [1.807, 2.05) is 12.1 Å². The molecule has 2 aromatic carbocycles. The first-order valence-corrected chi connectivity index (χ1v) is 6.08. The molecule has 0 radical (unpaired) electrons. The van der Waals surface area contributed by atoms with E-state index in [0.29, 0.717) is 16.8 Å². The van der Waals surface area contributed by atoms with Crippen molar-refractivity contribution in [3.05, 3.63) is 58.6 Å². The molecule has 0 spiro atoms. The summed E-state index contributed by atoms with van der Waals surface area (Å²) in [4.78, 5) is 18.6. The van der Waals surface area contributed by atoms with E-state index in [0.717, 1.165) is 0 Å². The second kappa shape index (κ2) is 5.04. The van der Waals surface area contributed by atoms with Crippen molar-refractivity contribution in [2.75, 3.05) is 5.73 Å². The normalized spacial score (nSPS) is 10.5. The fourth-order valence-electron chi connectivity index (χ4n) is 1.82. The van der Waals surface area contributed by atoms with Crippen LogP contribution in [-0.4, -0.2) is 14.9 Å². The van der Waals surface area contributed by atoms with Crippen molar-refractivity contribution in [1.82, 2.24) is 9.97 Å². The highest BCUT2D eigenvalue weighted by atomic mass is 16.6. The molecule has 1 heterocycles. The first kappa shape index (κ1) is 12.8. The quantitative estimate of drug-likeness (QED) is 0.585. The Morgan fingerprint density at radius 1 is 1.00 bits per heavy atom. The van der Waals surface area contributed by atoms with Gasteiger partial charge in [-0.25, -0.2) is 9.97 Å². The lowest BCUT2D eigenvalue weighted by Gasteiger charge is -2.07. The van der Waals surface area contributed by atoms with Crippen LogP contribution in [0.25, 0.3) is 11.0 Å². The van der Waals surface area contributed by atoms with Gasteiger partial charge in [0, 0.05) is 12.1 Å². The van der Waals surface area contributed by atoms with E-state index >= 15 is 0 Å². The van der Waals surface area contributed by atoms with Crippen molar-refractivity contribution < 1.29 is 9.66 Å². The number of anilines is 1. The highest BCUT2D eigenvalue weighted by Crippen LogP contribution is 2.27. The molecule has 0 aliphatic heterocycles. The van der Waals surface area contributed by atoms with Gasteiger partial charge in [-0.3, -0.25) is 10.1 Å². The van der Waals surface area contributed by atoms with E-state index in [1.165, 1.54) is 24.3 Å². The van der Waals surface area contributed by atoms with E-state index in [2.05, 4.69) is 9.97 Å². The Bertz CT molecular complexity index is 818. The average molecular weight is 282 g/mol. The molecule has 1 aromatic heterocycles. The molecule has 0 amide bonds. The first-order valence-electron chi connectivity index (χ1n) is 6.08. The minimum absolute atomic E-state index is 0.0140. The number of nitrogen functional groups attached to an aromatic ring is 1. The fraction of sp³-hybridized carbons (Fsp3) is 0. The van der Waals surface area contributed by atoms with Crippen LogP contribution in [0.15, 0.2) is 48.5 Å². The number of ether oxygens (including phenoxy) is 1. The Morgan fingerprint density at radius 3 is 2.24 bits per heavy atom. The van der Waals surface area contributed by atoms with Gasteiger partial charge in [-0.15, -0.1) is 0 Å². The van der Waals surface area contributed by atoms with Gasteiger partial charge in [0.1, 0.15) is 5.75 Å². The molecule has 104 valence electrons. The second-order valence-corrected chi connectivity index (χ2v) is 4.26. The molecule has 0 fully saturated rings. The summed E-state index contributed by atoms with van der Waals surface area (Å²) in [6.45, 7) is 0. The maximum Gasteiger partial charge on any atom is 0.269 e. The highest BCUT2D eigenvalue weighted by molar-refractivity contribution is 5.76. The molecule has 3 aromatic rings. The number of hydrogen-bond acceptors (Lipinski definition) is 6. The van der Waals surface area contributed by atoms with Gasteiger partial charge >= 0.3 is 0 Å². The second-order valence-electron chi connectivity index (χ2n) is 4.26. The number of nitro groups is 1. The van der Waals surface area contributed by atoms with Gasteiger partial charge in [0.15, 0.2) is 5.82 Å². The number of benzene rings is 2. The van der Waals surface area contributed by atoms with Gasteiger partial charge in [0.2, 0.25) is 0 Å². The van der Waals surface area contributed by atoms with Crippen LogP contribution in [0.5, 0.6) is 11.6 Å². The zero-order chi connectivity index (χ0) is 14.8. The number of rotatable bonds is 3. The Kier molecular flexibility index (Phi) is 3.07. The van der Waals surface area contributed by atoms with Crippen molar-refractivity contribution in [1.29, 1.82) is 0 Å². The lowest BCUT2D eigenvalue weighted by Crippen LogP contribution is -1.99. The van der Waals surface area contributed by atoms with Gasteiger partial charge in [0.05, 0.1) is 16.0 Å². The molecular formula is C14H10N4O3. The van der Waals surface area contributed by atoms with Crippen molar-refractivity contribution >= 4 is 22.5 Å². The lowest BCUT2D eigenvalue weighted by atomic mass is 10.3. The third-order valence-electron chi connectivity index (χ3n) is 2.83. The molecule has 7 nitrogen and oxygen atoms in total. The predicted octanol–water partition coefficient (Wildman–Crippen LogP) is 2.91. The summed E-state index contributed by atoms with van der Waals surface area (Å²) in [7, 11) is 0. The summed E-state index contributed by atoms with van der Waals surface area (Å²) in [5, 5.41) is 10.6. The Labute approximate surface area is 119 Å². The van der Waals surface area contributed by atoms with E-state index in [4.69, 9.17) is 10.5 Å². The van der Waals surface area contributed by atoms with Crippen LogP contribution in [-0.2, 0) is 0 Å². The summed E-state index contributed by atoms with van der Waals surface area (Å²) >= 11 is 0. The van der Waals surface area contributed by atoms with Gasteiger partial charge in [-0.2, -0.15) is 0 Å². The number of non-ortho nitro benzene ring substituents is 1. The van der Waals surface area contributed by atoms with Crippen LogP contribution in [0.3, 0.4) is 0 Å². The molecule has 0 aliphatic carbocycles. The first-order chi connectivity index (χ1) is 10.1. The van der Waals surface area contributed by atoms with Gasteiger partial charge in [-0.1, -0.05) is 12.1 Å². The van der Waals surface area contributed by atoms with E-state index in [-0.39, 0.29) is 17.4 Å². The Morgan fingerprint density at radius 2 is 1.62 bits per heavy atom. The Hall–Kier alpha value is -3.22. The van der Waals surface area contributed by atoms with Crippen LogP contribution in [0.4, 0.5) is 11.5 Å². The standard InChI is InChI=1S/C14H10N4O3/c15-13-14(17-12-4-2-1-3-11(12)16-13)21-10-7-5-9(6-8-10)18(19)20/h1-8H,(H2,15,16). The molecule has 21 heavy (non-hydrogen) atoms. The van der Waals surface area contributed by atoms with Crippen LogP contribution in [0, 0.1) is 10.1 Å². The van der Waals surface area contributed by atoms with Crippen LogP contribution >= 0.6 is 0 Å². The van der Waals surface area contributed by atoms with Crippen LogP contribution in [0.2, 0.25) is 0 Å². The van der Waals surface area contributed by atoms with Gasteiger partial charge in [-0.05, 0) is 24.3 Å². The van der Waals surface area contributed by atoms with E-state index in [1.54, 1.807) is 12.1 Å². The van der Waals surface area contributed by atoms with Crippen molar-refractivity contribution in [3.63, 3.8) is 0 Å². The smallest absolute Gasteiger partial charge is 0.269 e. The number of hydrogen-bond donors (Lipinski definition) is 1. The number of nitrogens with two attached hydrogens (primary N) is 1. The fourth-order valence-corrected chi connectivity index (χ4v) is 1.82. The molecule has 0 unspecified atom stereocenters.